The fraction of sp³-hybridized carbons (Fsp3) is 0.357. The molecule has 0 aromatic carbocycles. The number of nitrogens with two attached hydrogens (primary N) is 1. The predicted molar refractivity (Wildman–Crippen MR) is 80.1 cm³/mol. The average molecular weight is 299 g/mol. The lowest BCUT2D eigenvalue weighted by Gasteiger charge is -2.24. The summed E-state index contributed by atoms with van der Waals surface area (Å²) in [5.74, 6) is 0.935. The van der Waals surface area contributed by atoms with Crippen LogP contribution in [0.4, 0.5) is 11.8 Å². The molecule has 2 aromatic heterocycles. The van der Waals surface area contributed by atoms with Crippen molar-refractivity contribution in [1.82, 2.24) is 24.8 Å². The highest BCUT2D eigenvalue weighted by molar-refractivity contribution is 5.79. The number of nitrogens with one attached hydrogen (secondary N) is 1. The number of amides is 1. The molecule has 1 saturated heterocycles. The third-order valence-electron chi connectivity index (χ3n) is 3.59. The third kappa shape index (κ3) is 2.86. The van der Waals surface area contributed by atoms with Gasteiger partial charge in [0.1, 0.15) is 5.69 Å². The van der Waals surface area contributed by atoms with Gasteiger partial charge >= 0.3 is 0 Å². The lowest BCUT2D eigenvalue weighted by atomic mass is 10.1. The maximum absolute atomic E-state index is 12.0. The maximum Gasteiger partial charge on any atom is 0.236 e. The van der Waals surface area contributed by atoms with Crippen molar-refractivity contribution in [2.24, 2.45) is 5.73 Å². The molecule has 8 heteroatoms. The number of hydrogen-bond donors (Lipinski definition) is 2. The zero-order valence-electron chi connectivity index (χ0n) is 12.0. The molecular weight excluding hydrogens is 282 g/mol. The van der Waals surface area contributed by atoms with Crippen molar-refractivity contribution in [3.8, 4) is 0 Å². The number of aromatic nitrogens is 4. The Bertz CT molecular complexity index is 649. The zero-order valence-corrected chi connectivity index (χ0v) is 12.0. The van der Waals surface area contributed by atoms with Gasteiger partial charge in [0, 0.05) is 31.3 Å². The van der Waals surface area contributed by atoms with E-state index in [9.17, 15) is 4.79 Å². The number of hydrogen-bond acceptors (Lipinski definition) is 7. The summed E-state index contributed by atoms with van der Waals surface area (Å²) in [5, 5.41) is 3.06. The summed E-state index contributed by atoms with van der Waals surface area (Å²) in [7, 11) is 0. The van der Waals surface area contributed by atoms with Crippen LogP contribution in [-0.2, 0) is 4.79 Å². The smallest absolute Gasteiger partial charge is 0.236 e. The number of anilines is 2. The van der Waals surface area contributed by atoms with Crippen LogP contribution in [-0.4, -0.2) is 43.8 Å². The van der Waals surface area contributed by atoms with Crippen molar-refractivity contribution in [2.75, 3.05) is 18.4 Å². The molecule has 1 aliphatic rings. The molecule has 3 rings (SSSR count). The van der Waals surface area contributed by atoms with Crippen molar-refractivity contribution in [3.05, 3.63) is 36.5 Å². The van der Waals surface area contributed by atoms with Gasteiger partial charge in [-0.05, 0) is 18.9 Å². The summed E-state index contributed by atoms with van der Waals surface area (Å²) in [6.45, 7) is 0.694. The number of rotatable bonds is 4. The molecule has 0 aliphatic carbocycles. The van der Waals surface area contributed by atoms with Crippen LogP contribution < -0.4 is 11.1 Å². The monoisotopic (exact) mass is 299 g/mol. The highest BCUT2D eigenvalue weighted by Crippen LogP contribution is 2.34. The van der Waals surface area contributed by atoms with E-state index in [-0.39, 0.29) is 18.5 Å². The van der Waals surface area contributed by atoms with Crippen LogP contribution in [0, 0.1) is 0 Å². The largest absolute Gasteiger partial charge is 0.333 e. The molecule has 0 saturated carbocycles. The second-order valence-electron chi connectivity index (χ2n) is 4.94. The first-order valence-electron chi connectivity index (χ1n) is 7.14. The van der Waals surface area contributed by atoms with Gasteiger partial charge in [0.2, 0.25) is 11.9 Å². The fourth-order valence-electron chi connectivity index (χ4n) is 2.63. The molecule has 3 heterocycles. The Morgan fingerprint density at radius 3 is 2.77 bits per heavy atom. The predicted octanol–water partition coefficient (Wildman–Crippen LogP) is 0.632. The van der Waals surface area contributed by atoms with Gasteiger partial charge in [-0.3, -0.25) is 9.78 Å². The molecule has 22 heavy (non-hydrogen) atoms. The van der Waals surface area contributed by atoms with E-state index in [4.69, 9.17) is 5.73 Å². The van der Waals surface area contributed by atoms with Crippen molar-refractivity contribution in [1.29, 1.82) is 0 Å². The van der Waals surface area contributed by atoms with Crippen molar-refractivity contribution >= 4 is 17.7 Å². The highest BCUT2D eigenvalue weighted by Gasteiger charge is 2.32. The minimum Gasteiger partial charge on any atom is -0.333 e. The lowest BCUT2D eigenvalue weighted by molar-refractivity contribution is -0.130. The van der Waals surface area contributed by atoms with Crippen LogP contribution in [0.2, 0.25) is 0 Å². The molecule has 3 N–H and O–H groups in total. The lowest BCUT2D eigenvalue weighted by Crippen LogP contribution is -2.36. The Morgan fingerprint density at radius 2 is 2.00 bits per heavy atom. The van der Waals surface area contributed by atoms with Crippen LogP contribution in [0.1, 0.15) is 24.6 Å². The molecule has 114 valence electrons. The first-order chi connectivity index (χ1) is 10.8. The highest BCUT2D eigenvalue weighted by atomic mass is 16.2. The van der Waals surface area contributed by atoms with E-state index in [0.29, 0.717) is 24.0 Å². The zero-order chi connectivity index (χ0) is 15.4. The summed E-state index contributed by atoms with van der Waals surface area (Å²) in [4.78, 5) is 30.7. The summed E-state index contributed by atoms with van der Waals surface area (Å²) < 4.78 is 0. The van der Waals surface area contributed by atoms with Crippen molar-refractivity contribution in [3.63, 3.8) is 0 Å². The number of carbonyl (C=O) groups is 1. The normalized spacial score (nSPS) is 17.5. The molecule has 0 radical (unpaired) electrons. The van der Waals surface area contributed by atoms with Gasteiger partial charge < -0.3 is 16.0 Å². The Balaban J connectivity index is 1.89. The van der Waals surface area contributed by atoms with Gasteiger partial charge in [0.05, 0.1) is 12.6 Å². The van der Waals surface area contributed by atoms with Gasteiger partial charge in [-0.15, -0.1) is 0 Å². The van der Waals surface area contributed by atoms with E-state index in [0.717, 1.165) is 12.8 Å². The van der Waals surface area contributed by atoms with Crippen molar-refractivity contribution < 1.29 is 4.79 Å². The standard InChI is InChI=1S/C14H17N7O/c15-9-11(22)21-8-1-3-10(21)12-13(17-7-6-16-12)20-14-18-4-2-5-19-14/h2,4-7,10H,1,3,8-9,15H2,(H,17,18,19,20)/t10-/m0/s1. The molecule has 1 aliphatic heterocycles. The molecule has 0 bridgehead atoms. The molecule has 2 aromatic rings. The molecule has 1 amide bonds. The van der Waals surface area contributed by atoms with E-state index in [1.165, 1.54) is 0 Å². The van der Waals surface area contributed by atoms with Crippen LogP contribution in [0.3, 0.4) is 0 Å². The summed E-state index contributed by atoms with van der Waals surface area (Å²) in [6, 6.07) is 1.62. The fourth-order valence-corrected chi connectivity index (χ4v) is 2.63. The van der Waals surface area contributed by atoms with E-state index in [2.05, 4.69) is 25.3 Å². The topological polar surface area (TPSA) is 110 Å². The second-order valence-corrected chi connectivity index (χ2v) is 4.94. The number of nitrogens with zero attached hydrogens (tertiary/aromatic N) is 5. The summed E-state index contributed by atoms with van der Waals surface area (Å²) in [5.41, 5.74) is 6.21. The first-order valence-corrected chi connectivity index (χ1v) is 7.14. The van der Waals surface area contributed by atoms with Gasteiger partial charge in [0.25, 0.3) is 0 Å². The van der Waals surface area contributed by atoms with Gasteiger partial charge in [-0.1, -0.05) is 0 Å². The van der Waals surface area contributed by atoms with Crippen molar-refractivity contribution in [2.45, 2.75) is 18.9 Å². The SMILES string of the molecule is NCC(=O)N1CCC[C@H]1c1nccnc1Nc1ncccn1. The van der Waals surface area contributed by atoms with Crippen LogP contribution in [0.25, 0.3) is 0 Å². The quantitative estimate of drug-likeness (QED) is 0.852. The average Bonchev–Trinajstić information content (AvgIpc) is 3.05. The molecule has 1 atom stereocenters. The van der Waals surface area contributed by atoms with Gasteiger partial charge in [-0.2, -0.15) is 0 Å². The summed E-state index contributed by atoms with van der Waals surface area (Å²) in [6.07, 6.45) is 8.27. The Labute approximate surface area is 127 Å². The van der Waals surface area contributed by atoms with E-state index >= 15 is 0 Å². The molecule has 0 spiro atoms. The molecule has 1 fully saturated rings. The minimum absolute atomic E-state index is 0.00131. The first kappa shape index (κ1) is 14.3. The van der Waals surface area contributed by atoms with E-state index in [1.54, 1.807) is 35.8 Å². The Morgan fingerprint density at radius 1 is 1.23 bits per heavy atom. The Kier molecular flexibility index (Phi) is 4.19. The second kappa shape index (κ2) is 6.44. The number of carbonyl (C=O) groups excluding carboxylic acids is 1. The number of likely N-dealkylation sites (tertiary alicyclic amines) is 1. The molecule has 8 nitrogen and oxygen atoms in total. The van der Waals surface area contributed by atoms with Crippen LogP contribution in [0.5, 0.6) is 0 Å². The van der Waals surface area contributed by atoms with Crippen LogP contribution in [0.15, 0.2) is 30.9 Å². The van der Waals surface area contributed by atoms with Gasteiger partial charge in [-0.25, -0.2) is 15.0 Å². The van der Waals surface area contributed by atoms with E-state index in [1.807, 2.05) is 0 Å². The minimum atomic E-state index is -0.115. The van der Waals surface area contributed by atoms with Gasteiger partial charge in [0.15, 0.2) is 5.82 Å². The van der Waals surface area contributed by atoms with Crippen LogP contribution >= 0.6 is 0 Å². The summed E-state index contributed by atoms with van der Waals surface area (Å²) >= 11 is 0. The Hall–Kier alpha value is -2.61. The molecule has 0 unspecified atom stereocenters. The third-order valence-corrected chi connectivity index (χ3v) is 3.59. The van der Waals surface area contributed by atoms with E-state index < -0.39 is 0 Å². The molecular formula is C14H17N7O. The maximum atomic E-state index is 12.0.